The molecule has 4 aliphatic rings. The zero-order valence-corrected chi connectivity index (χ0v) is 21.1. The minimum Gasteiger partial charge on any atom is -0.489 e. The molecule has 1 aromatic heterocycles. The number of halogens is 3. The van der Waals surface area contributed by atoms with E-state index in [1.165, 1.54) is 4.90 Å². The molecule has 3 atom stereocenters. The SMILES string of the molecule is O=C1CCC(N2Cc3cc(O[C@@H]4CCCCC4N4CC(c5ncc(C(F)(F)F)cn5)C4)ccc3C2=O)C(=O)N1. The van der Waals surface area contributed by atoms with Crippen LogP contribution >= 0.6 is 0 Å². The molecule has 3 amide bonds. The lowest BCUT2D eigenvalue weighted by Gasteiger charge is -2.47. The van der Waals surface area contributed by atoms with Crippen molar-refractivity contribution in [2.75, 3.05) is 13.1 Å². The van der Waals surface area contributed by atoms with Crippen LogP contribution in [0.3, 0.4) is 0 Å². The highest BCUT2D eigenvalue weighted by molar-refractivity contribution is 6.05. The summed E-state index contributed by atoms with van der Waals surface area (Å²) in [5.74, 6) is 0.0861. The maximum absolute atomic E-state index is 13.0. The highest BCUT2D eigenvalue weighted by Crippen LogP contribution is 2.36. The van der Waals surface area contributed by atoms with Crippen molar-refractivity contribution in [3.63, 3.8) is 0 Å². The number of hydrogen-bond acceptors (Lipinski definition) is 7. The number of nitrogens with one attached hydrogen (secondary N) is 1. The number of imide groups is 1. The van der Waals surface area contributed by atoms with Crippen molar-refractivity contribution in [3.05, 3.63) is 53.1 Å². The minimum atomic E-state index is -4.45. The number of ether oxygens (including phenoxy) is 1. The zero-order chi connectivity index (χ0) is 27.3. The van der Waals surface area contributed by atoms with Crippen LogP contribution in [0, 0.1) is 0 Å². The Labute approximate surface area is 222 Å². The number of aromatic nitrogens is 2. The maximum Gasteiger partial charge on any atom is 0.419 e. The van der Waals surface area contributed by atoms with Crippen LogP contribution in [0.2, 0.25) is 0 Å². The fourth-order valence-electron chi connectivity index (χ4n) is 6.07. The third-order valence-electron chi connectivity index (χ3n) is 8.19. The van der Waals surface area contributed by atoms with Gasteiger partial charge in [-0.1, -0.05) is 6.42 Å². The molecule has 2 unspecified atom stereocenters. The Kier molecular flexibility index (Phi) is 6.52. The summed E-state index contributed by atoms with van der Waals surface area (Å²) in [4.78, 5) is 48.5. The van der Waals surface area contributed by atoms with Crippen molar-refractivity contribution < 1.29 is 32.3 Å². The molecule has 4 heterocycles. The molecule has 0 bridgehead atoms. The number of piperidine rings is 1. The number of carbonyl (C=O) groups excluding carboxylic acids is 3. The molecule has 3 fully saturated rings. The molecule has 1 aliphatic carbocycles. The molecule has 0 spiro atoms. The summed E-state index contributed by atoms with van der Waals surface area (Å²) >= 11 is 0. The van der Waals surface area contributed by atoms with Crippen LogP contribution in [0.25, 0.3) is 0 Å². The van der Waals surface area contributed by atoms with Gasteiger partial charge in [0.15, 0.2) is 0 Å². The van der Waals surface area contributed by atoms with Crippen molar-refractivity contribution in [2.45, 2.75) is 75.4 Å². The molecule has 206 valence electrons. The molecule has 1 N–H and O–H groups in total. The molecule has 1 aromatic carbocycles. The van der Waals surface area contributed by atoms with Crippen molar-refractivity contribution in [1.29, 1.82) is 0 Å². The van der Waals surface area contributed by atoms with Gasteiger partial charge in [0.1, 0.15) is 23.7 Å². The second-order valence-electron chi connectivity index (χ2n) is 10.7. The van der Waals surface area contributed by atoms with E-state index in [0.29, 0.717) is 36.6 Å². The summed E-state index contributed by atoms with van der Waals surface area (Å²) in [6, 6.07) is 4.88. The quantitative estimate of drug-likeness (QED) is 0.578. The number of carbonyl (C=O) groups is 3. The first-order chi connectivity index (χ1) is 18.7. The van der Waals surface area contributed by atoms with E-state index in [1.807, 2.05) is 6.07 Å². The molecule has 2 aromatic rings. The average Bonchev–Trinajstić information content (AvgIpc) is 3.19. The third-order valence-corrected chi connectivity index (χ3v) is 8.19. The first kappa shape index (κ1) is 25.7. The number of fused-ring (bicyclic) bond motifs is 1. The first-order valence-electron chi connectivity index (χ1n) is 13.2. The molecule has 2 saturated heterocycles. The van der Waals surface area contributed by atoms with E-state index in [0.717, 1.165) is 43.6 Å². The van der Waals surface area contributed by atoms with Crippen LogP contribution in [0.5, 0.6) is 5.75 Å². The Hall–Kier alpha value is -3.54. The average molecular weight is 544 g/mol. The van der Waals surface area contributed by atoms with Gasteiger partial charge in [-0.05, 0) is 49.4 Å². The predicted octanol–water partition coefficient (Wildman–Crippen LogP) is 3.05. The number of amides is 3. The van der Waals surface area contributed by atoms with E-state index in [2.05, 4.69) is 20.2 Å². The van der Waals surface area contributed by atoms with Crippen LogP contribution in [-0.4, -0.2) is 68.8 Å². The van der Waals surface area contributed by atoms with Crippen LogP contribution in [0.1, 0.15) is 71.8 Å². The highest BCUT2D eigenvalue weighted by Gasteiger charge is 2.42. The standard InChI is InChI=1S/C27H28F3N5O4/c28-27(29,30)17-10-31-24(32-11-17)16-12-34(13-16)20-3-1-2-4-22(20)39-18-5-6-19-15(9-18)14-35(26(19)38)21-7-8-23(36)33-25(21)37/h5-6,9-11,16,20-22H,1-4,7-8,12-14H2,(H,33,36,37)/t20?,21?,22-/m1/s1. The largest absolute Gasteiger partial charge is 0.489 e. The van der Waals surface area contributed by atoms with Gasteiger partial charge in [-0.25, -0.2) is 9.97 Å². The van der Waals surface area contributed by atoms with Gasteiger partial charge in [0.25, 0.3) is 5.91 Å². The number of rotatable bonds is 5. The van der Waals surface area contributed by atoms with Gasteiger partial charge < -0.3 is 9.64 Å². The van der Waals surface area contributed by atoms with Crippen LogP contribution in [0.15, 0.2) is 30.6 Å². The van der Waals surface area contributed by atoms with Crippen molar-refractivity contribution in [3.8, 4) is 5.75 Å². The van der Waals surface area contributed by atoms with Gasteiger partial charge in [-0.3, -0.25) is 24.6 Å². The fraction of sp³-hybridized carbons (Fsp3) is 0.519. The van der Waals surface area contributed by atoms with E-state index < -0.39 is 23.7 Å². The Balaban J connectivity index is 1.09. The Morgan fingerprint density at radius 2 is 1.74 bits per heavy atom. The number of nitrogens with zero attached hydrogens (tertiary/aromatic N) is 4. The molecule has 9 nitrogen and oxygen atoms in total. The summed E-state index contributed by atoms with van der Waals surface area (Å²) in [7, 11) is 0. The molecule has 39 heavy (non-hydrogen) atoms. The molecule has 6 rings (SSSR count). The molecular weight excluding hydrogens is 515 g/mol. The summed E-state index contributed by atoms with van der Waals surface area (Å²) < 4.78 is 44.9. The first-order valence-corrected chi connectivity index (χ1v) is 13.2. The lowest BCUT2D eigenvalue weighted by Crippen LogP contribution is -2.57. The van der Waals surface area contributed by atoms with Crippen LogP contribution in [0.4, 0.5) is 13.2 Å². The van der Waals surface area contributed by atoms with Gasteiger partial charge in [0.05, 0.1) is 5.56 Å². The van der Waals surface area contributed by atoms with Gasteiger partial charge >= 0.3 is 6.18 Å². The lowest BCUT2D eigenvalue weighted by atomic mass is 9.86. The topological polar surface area (TPSA) is 105 Å². The van der Waals surface area contributed by atoms with Crippen molar-refractivity contribution in [2.24, 2.45) is 0 Å². The molecular formula is C27H28F3N5O4. The third kappa shape index (κ3) is 4.97. The fourth-order valence-corrected chi connectivity index (χ4v) is 6.07. The normalized spacial score (nSPS) is 26.3. The van der Waals surface area contributed by atoms with E-state index in [4.69, 9.17) is 4.74 Å². The molecule has 0 radical (unpaired) electrons. The second-order valence-corrected chi connectivity index (χ2v) is 10.7. The maximum atomic E-state index is 13.0. The summed E-state index contributed by atoms with van der Waals surface area (Å²) in [6.45, 7) is 1.61. The molecule has 1 saturated carbocycles. The van der Waals surface area contributed by atoms with Crippen LogP contribution < -0.4 is 10.1 Å². The van der Waals surface area contributed by atoms with Gasteiger partial charge in [-0.2, -0.15) is 13.2 Å². The zero-order valence-electron chi connectivity index (χ0n) is 21.1. The Morgan fingerprint density at radius 3 is 2.46 bits per heavy atom. The van der Waals surface area contributed by atoms with Gasteiger partial charge in [-0.15, -0.1) is 0 Å². The van der Waals surface area contributed by atoms with E-state index in [-0.39, 0.29) is 42.8 Å². The smallest absolute Gasteiger partial charge is 0.419 e. The van der Waals surface area contributed by atoms with Gasteiger partial charge in [0, 0.05) is 56.0 Å². The second kappa shape index (κ2) is 9.89. The number of alkyl halides is 3. The lowest BCUT2D eigenvalue weighted by molar-refractivity contribution is -0.138. The van der Waals surface area contributed by atoms with Gasteiger partial charge in [0.2, 0.25) is 11.8 Å². The van der Waals surface area contributed by atoms with Crippen LogP contribution in [-0.2, 0) is 22.3 Å². The number of likely N-dealkylation sites (tertiary alicyclic amines) is 1. The molecule has 12 heteroatoms. The Bertz CT molecular complexity index is 1300. The van der Waals surface area contributed by atoms with E-state index >= 15 is 0 Å². The number of benzene rings is 1. The summed E-state index contributed by atoms with van der Waals surface area (Å²) in [5.41, 5.74) is 0.479. The number of hydrogen-bond donors (Lipinski definition) is 1. The summed E-state index contributed by atoms with van der Waals surface area (Å²) in [6.07, 6.45) is 1.63. The monoisotopic (exact) mass is 543 g/mol. The van der Waals surface area contributed by atoms with E-state index in [9.17, 15) is 27.6 Å². The minimum absolute atomic E-state index is 0.0147. The highest BCUT2D eigenvalue weighted by atomic mass is 19.4. The van der Waals surface area contributed by atoms with E-state index in [1.54, 1.807) is 12.1 Å². The predicted molar refractivity (Wildman–Crippen MR) is 131 cm³/mol. The Morgan fingerprint density at radius 1 is 1.00 bits per heavy atom. The summed E-state index contributed by atoms with van der Waals surface area (Å²) in [5, 5.41) is 2.31. The van der Waals surface area contributed by atoms with Crippen molar-refractivity contribution >= 4 is 17.7 Å². The molecule has 3 aliphatic heterocycles. The van der Waals surface area contributed by atoms with Crippen molar-refractivity contribution in [1.82, 2.24) is 25.1 Å².